The first kappa shape index (κ1) is 10.9. The van der Waals surface area contributed by atoms with Crippen LogP contribution in [0.5, 0.6) is 0 Å². The van der Waals surface area contributed by atoms with Crippen molar-refractivity contribution in [2.45, 2.75) is 39.5 Å². The van der Waals surface area contributed by atoms with E-state index in [4.69, 9.17) is 0 Å². The van der Waals surface area contributed by atoms with Crippen molar-refractivity contribution >= 4 is 17.1 Å². The Morgan fingerprint density at radius 1 is 1.53 bits per heavy atom. The van der Waals surface area contributed by atoms with Gasteiger partial charge < -0.3 is 0 Å². The fourth-order valence-corrected chi connectivity index (χ4v) is 3.14. The highest BCUT2D eigenvalue weighted by Crippen LogP contribution is 2.29. The average Bonchev–Trinajstić information content (AvgIpc) is 2.58. The van der Waals surface area contributed by atoms with E-state index in [-0.39, 0.29) is 0 Å². The topological polar surface area (TPSA) is 17.1 Å². The van der Waals surface area contributed by atoms with Crippen LogP contribution < -0.4 is 0 Å². The highest BCUT2D eigenvalue weighted by atomic mass is 32.1. The van der Waals surface area contributed by atoms with Crippen LogP contribution in [0.15, 0.2) is 11.4 Å². The van der Waals surface area contributed by atoms with Crippen LogP contribution in [0.2, 0.25) is 0 Å². The Labute approximate surface area is 95.5 Å². The smallest absolute Gasteiger partial charge is 0.136 e. The van der Waals surface area contributed by atoms with Gasteiger partial charge in [-0.25, -0.2) is 0 Å². The van der Waals surface area contributed by atoms with E-state index in [0.29, 0.717) is 11.7 Å². The van der Waals surface area contributed by atoms with Crippen LogP contribution in [0.3, 0.4) is 0 Å². The second-order valence-corrected chi connectivity index (χ2v) is 5.93. The minimum Gasteiger partial charge on any atom is -0.299 e. The van der Waals surface area contributed by atoms with Gasteiger partial charge in [0.05, 0.1) is 0 Å². The summed E-state index contributed by atoms with van der Waals surface area (Å²) in [6.45, 7) is 4.39. The maximum absolute atomic E-state index is 11.8. The first-order chi connectivity index (χ1) is 7.15. The van der Waals surface area contributed by atoms with E-state index in [1.165, 1.54) is 10.4 Å². The van der Waals surface area contributed by atoms with E-state index in [2.05, 4.69) is 25.3 Å². The number of ketones is 1. The van der Waals surface area contributed by atoms with Crippen LogP contribution in [0.4, 0.5) is 0 Å². The van der Waals surface area contributed by atoms with E-state index < -0.39 is 0 Å². The Hall–Kier alpha value is -0.630. The zero-order valence-electron chi connectivity index (χ0n) is 9.45. The lowest BCUT2D eigenvalue weighted by molar-refractivity contribution is -0.125. The monoisotopic (exact) mass is 222 g/mol. The van der Waals surface area contributed by atoms with Crippen molar-refractivity contribution in [3.63, 3.8) is 0 Å². The molecule has 1 fully saturated rings. The minimum absolute atomic E-state index is 0.294. The van der Waals surface area contributed by atoms with Gasteiger partial charge in [-0.2, -0.15) is 0 Å². The third-order valence-corrected chi connectivity index (χ3v) is 4.20. The number of Topliss-reactive ketones (excluding diaryl/α,β-unsaturated/α-hetero) is 1. The summed E-state index contributed by atoms with van der Waals surface area (Å²) in [5.74, 6) is 1.51. The third-order valence-electron chi connectivity index (χ3n) is 3.29. The molecule has 2 atom stereocenters. The van der Waals surface area contributed by atoms with Crippen molar-refractivity contribution < 1.29 is 4.79 Å². The van der Waals surface area contributed by atoms with Gasteiger partial charge in [-0.05, 0) is 49.1 Å². The van der Waals surface area contributed by atoms with Gasteiger partial charge in [-0.3, -0.25) is 4.79 Å². The largest absolute Gasteiger partial charge is 0.299 e. The third kappa shape index (κ3) is 2.69. The molecular weight excluding hydrogens is 204 g/mol. The molecule has 0 bridgehead atoms. The molecule has 1 heterocycles. The van der Waals surface area contributed by atoms with E-state index in [1.807, 2.05) is 0 Å². The fourth-order valence-electron chi connectivity index (χ4n) is 2.41. The normalized spacial score (nSPS) is 26.9. The molecule has 82 valence electrons. The molecule has 15 heavy (non-hydrogen) atoms. The lowest BCUT2D eigenvalue weighted by Gasteiger charge is -2.25. The molecule has 2 unspecified atom stereocenters. The van der Waals surface area contributed by atoms with E-state index in [9.17, 15) is 4.79 Å². The summed E-state index contributed by atoms with van der Waals surface area (Å²) in [4.78, 5) is 13.1. The quantitative estimate of drug-likeness (QED) is 0.747. The molecule has 1 aliphatic rings. The molecule has 1 aliphatic carbocycles. The van der Waals surface area contributed by atoms with Gasteiger partial charge in [0.15, 0.2) is 0 Å². The maximum atomic E-state index is 11.8. The molecule has 0 radical (unpaired) electrons. The molecule has 0 aromatic carbocycles. The van der Waals surface area contributed by atoms with Crippen molar-refractivity contribution in [1.29, 1.82) is 0 Å². The average molecular weight is 222 g/mol. The van der Waals surface area contributed by atoms with Gasteiger partial charge in [0.2, 0.25) is 0 Å². The Bertz CT molecular complexity index is 353. The second kappa shape index (κ2) is 4.48. The molecule has 0 amide bonds. The van der Waals surface area contributed by atoms with Crippen LogP contribution in [-0.2, 0) is 11.2 Å². The minimum atomic E-state index is 0.294. The summed E-state index contributed by atoms with van der Waals surface area (Å²) < 4.78 is 0. The van der Waals surface area contributed by atoms with E-state index >= 15 is 0 Å². The van der Waals surface area contributed by atoms with Gasteiger partial charge in [0, 0.05) is 17.2 Å². The van der Waals surface area contributed by atoms with E-state index in [1.54, 1.807) is 11.3 Å². The number of hydrogen-bond acceptors (Lipinski definition) is 2. The number of carbonyl (C=O) groups is 1. The van der Waals surface area contributed by atoms with Gasteiger partial charge in [-0.1, -0.05) is 6.92 Å². The highest BCUT2D eigenvalue weighted by molar-refractivity contribution is 7.10. The Morgan fingerprint density at radius 3 is 3.00 bits per heavy atom. The SMILES string of the molecule is Cc1cc(CC2CC(C)CCC2=O)cs1. The summed E-state index contributed by atoms with van der Waals surface area (Å²) in [6.07, 6.45) is 3.95. The number of aryl methyl sites for hydroxylation is 1. The first-order valence-electron chi connectivity index (χ1n) is 5.72. The van der Waals surface area contributed by atoms with Crippen LogP contribution in [0.25, 0.3) is 0 Å². The summed E-state index contributed by atoms with van der Waals surface area (Å²) >= 11 is 1.78. The van der Waals surface area contributed by atoms with Gasteiger partial charge in [-0.15, -0.1) is 11.3 Å². The number of thiophene rings is 1. The molecule has 2 rings (SSSR count). The van der Waals surface area contributed by atoms with Crippen LogP contribution in [-0.4, -0.2) is 5.78 Å². The summed E-state index contributed by atoms with van der Waals surface area (Å²) in [5, 5.41) is 2.20. The number of rotatable bonds is 2. The van der Waals surface area contributed by atoms with Crippen molar-refractivity contribution in [2.24, 2.45) is 11.8 Å². The summed E-state index contributed by atoms with van der Waals surface area (Å²) in [5.41, 5.74) is 1.35. The van der Waals surface area contributed by atoms with Crippen molar-refractivity contribution in [2.75, 3.05) is 0 Å². The van der Waals surface area contributed by atoms with Crippen molar-refractivity contribution in [3.8, 4) is 0 Å². The van der Waals surface area contributed by atoms with Gasteiger partial charge in [0.1, 0.15) is 5.78 Å². The Kier molecular flexibility index (Phi) is 3.25. The zero-order chi connectivity index (χ0) is 10.8. The maximum Gasteiger partial charge on any atom is 0.136 e. The molecule has 2 heteroatoms. The van der Waals surface area contributed by atoms with Crippen molar-refractivity contribution in [1.82, 2.24) is 0 Å². The zero-order valence-corrected chi connectivity index (χ0v) is 10.3. The van der Waals surface area contributed by atoms with Gasteiger partial charge in [0.25, 0.3) is 0 Å². The standard InChI is InChI=1S/C13H18OS/c1-9-3-4-13(14)12(5-9)7-11-6-10(2)15-8-11/h6,8-9,12H,3-5,7H2,1-2H3. The molecule has 0 N–H and O–H groups in total. The molecule has 0 spiro atoms. The highest BCUT2D eigenvalue weighted by Gasteiger charge is 2.26. The predicted molar refractivity (Wildman–Crippen MR) is 64.3 cm³/mol. The Morgan fingerprint density at radius 2 is 2.33 bits per heavy atom. The molecule has 0 saturated heterocycles. The molecule has 1 saturated carbocycles. The Balaban J connectivity index is 2.01. The number of hydrogen-bond donors (Lipinski definition) is 0. The first-order valence-corrected chi connectivity index (χ1v) is 6.60. The molecular formula is C13H18OS. The number of carbonyl (C=O) groups excluding carboxylic acids is 1. The van der Waals surface area contributed by atoms with Crippen molar-refractivity contribution in [3.05, 3.63) is 21.9 Å². The summed E-state index contributed by atoms with van der Waals surface area (Å²) in [6, 6.07) is 2.22. The molecule has 1 aromatic rings. The summed E-state index contributed by atoms with van der Waals surface area (Å²) in [7, 11) is 0. The molecule has 0 aliphatic heterocycles. The van der Waals surface area contributed by atoms with E-state index in [0.717, 1.165) is 31.6 Å². The van der Waals surface area contributed by atoms with Crippen LogP contribution in [0.1, 0.15) is 36.6 Å². The van der Waals surface area contributed by atoms with Crippen LogP contribution in [0, 0.1) is 18.8 Å². The lowest BCUT2D eigenvalue weighted by atomic mass is 9.79. The molecule has 1 nitrogen and oxygen atoms in total. The lowest BCUT2D eigenvalue weighted by Crippen LogP contribution is -2.25. The van der Waals surface area contributed by atoms with Gasteiger partial charge >= 0.3 is 0 Å². The predicted octanol–water partition coefficient (Wildman–Crippen LogP) is 3.60. The van der Waals surface area contributed by atoms with Crippen LogP contribution >= 0.6 is 11.3 Å². The molecule has 1 aromatic heterocycles. The fraction of sp³-hybridized carbons (Fsp3) is 0.615. The second-order valence-electron chi connectivity index (χ2n) is 4.81.